The van der Waals surface area contributed by atoms with E-state index in [1.54, 1.807) is 6.08 Å². The van der Waals surface area contributed by atoms with Crippen LogP contribution in [0.15, 0.2) is 24.3 Å². The molecule has 0 spiro atoms. The number of unbranched alkanes of at least 4 members (excludes halogenated alkanes) is 18. The number of amides is 1. The Balaban J connectivity index is 4.55. The van der Waals surface area contributed by atoms with E-state index in [1.807, 2.05) is 27.2 Å². The molecule has 0 aromatic heterocycles. The van der Waals surface area contributed by atoms with Crippen molar-refractivity contribution in [1.82, 2.24) is 5.32 Å². The molecule has 0 saturated carbocycles. The molecule has 0 rings (SSSR count). The number of phosphoric acid groups is 1. The smallest absolute Gasteiger partial charge is 0.387 e. The minimum absolute atomic E-state index is 0.0603. The second-order valence-electron chi connectivity index (χ2n) is 13.9. The topological polar surface area (TPSA) is 105 Å². The third-order valence-electron chi connectivity index (χ3n) is 8.17. The van der Waals surface area contributed by atoms with Crippen molar-refractivity contribution in [3.05, 3.63) is 24.3 Å². The Morgan fingerprint density at radius 1 is 0.717 bits per heavy atom. The lowest BCUT2D eigenvalue weighted by molar-refractivity contribution is -0.870. The molecule has 3 N–H and O–H groups in total. The van der Waals surface area contributed by atoms with Gasteiger partial charge in [0, 0.05) is 6.42 Å². The third kappa shape index (κ3) is 31.6. The zero-order valence-corrected chi connectivity index (χ0v) is 31.5. The number of hydrogen-bond donors (Lipinski definition) is 3. The molecule has 9 heteroatoms. The zero-order chi connectivity index (χ0) is 34.4. The molecular weight excluding hydrogens is 599 g/mol. The normalized spacial score (nSPS) is 15.0. The van der Waals surface area contributed by atoms with E-state index in [0.29, 0.717) is 17.4 Å². The van der Waals surface area contributed by atoms with E-state index in [2.05, 4.69) is 31.3 Å². The van der Waals surface area contributed by atoms with E-state index in [9.17, 15) is 19.4 Å². The molecule has 0 aliphatic heterocycles. The van der Waals surface area contributed by atoms with Crippen molar-refractivity contribution in [1.29, 1.82) is 0 Å². The van der Waals surface area contributed by atoms with E-state index in [-0.39, 0.29) is 19.1 Å². The maximum atomic E-state index is 12.7. The van der Waals surface area contributed by atoms with Crippen LogP contribution < -0.4 is 5.32 Å². The van der Waals surface area contributed by atoms with Gasteiger partial charge in [0.1, 0.15) is 13.2 Å². The number of hydrogen-bond acceptors (Lipinski definition) is 5. The molecular formula is C37H74N2O6P+. The minimum atomic E-state index is -4.32. The van der Waals surface area contributed by atoms with Crippen molar-refractivity contribution in [2.24, 2.45) is 0 Å². The molecule has 0 aliphatic carbocycles. The molecule has 0 bridgehead atoms. The summed E-state index contributed by atoms with van der Waals surface area (Å²) in [5.74, 6) is -0.190. The van der Waals surface area contributed by atoms with Crippen LogP contribution in [0.3, 0.4) is 0 Å². The summed E-state index contributed by atoms with van der Waals surface area (Å²) in [4.78, 5) is 22.9. The molecule has 3 atom stereocenters. The molecule has 1 unspecified atom stereocenters. The summed E-state index contributed by atoms with van der Waals surface area (Å²) >= 11 is 0. The average Bonchev–Trinajstić information content (AvgIpc) is 2.99. The Kier molecular flexibility index (Phi) is 29.4. The van der Waals surface area contributed by atoms with Gasteiger partial charge in [-0.15, -0.1) is 0 Å². The fraction of sp³-hybridized carbons (Fsp3) is 0.865. The van der Waals surface area contributed by atoms with Gasteiger partial charge in [-0.05, 0) is 44.9 Å². The van der Waals surface area contributed by atoms with Gasteiger partial charge in [-0.2, -0.15) is 0 Å². The molecule has 0 aromatic carbocycles. The second kappa shape index (κ2) is 30.1. The predicted molar refractivity (Wildman–Crippen MR) is 194 cm³/mol. The summed E-state index contributed by atoms with van der Waals surface area (Å²) in [5.41, 5.74) is 0. The predicted octanol–water partition coefficient (Wildman–Crippen LogP) is 9.41. The molecule has 272 valence electrons. The fourth-order valence-corrected chi connectivity index (χ4v) is 5.83. The Morgan fingerprint density at radius 2 is 1.17 bits per heavy atom. The fourth-order valence-electron chi connectivity index (χ4n) is 5.09. The number of aliphatic hydroxyl groups is 1. The highest BCUT2D eigenvalue weighted by Crippen LogP contribution is 2.43. The molecule has 1 amide bonds. The largest absolute Gasteiger partial charge is 0.472 e. The first kappa shape index (κ1) is 45.0. The van der Waals surface area contributed by atoms with E-state index < -0.39 is 20.0 Å². The van der Waals surface area contributed by atoms with Crippen molar-refractivity contribution < 1.29 is 32.9 Å². The lowest BCUT2D eigenvalue weighted by atomic mass is 10.1. The van der Waals surface area contributed by atoms with Crippen LogP contribution in [0.2, 0.25) is 0 Å². The summed E-state index contributed by atoms with van der Waals surface area (Å²) in [6, 6.07) is -0.844. The number of likely N-dealkylation sites (N-methyl/N-ethyl adjacent to an activating group) is 1. The van der Waals surface area contributed by atoms with Crippen molar-refractivity contribution in [3.8, 4) is 0 Å². The van der Waals surface area contributed by atoms with Crippen LogP contribution in [0.1, 0.15) is 155 Å². The quantitative estimate of drug-likeness (QED) is 0.0278. The van der Waals surface area contributed by atoms with Gasteiger partial charge in [-0.1, -0.05) is 128 Å². The lowest BCUT2D eigenvalue weighted by Gasteiger charge is -2.25. The van der Waals surface area contributed by atoms with Gasteiger partial charge >= 0.3 is 7.82 Å². The number of carbonyl (C=O) groups excluding carboxylic acids is 1. The van der Waals surface area contributed by atoms with Crippen LogP contribution in [0.5, 0.6) is 0 Å². The number of nitrogens with zero attached hydrogens (tertiary/aromatic N) is 1. The maximum absolute atomic E-state index is 12.7. The van der Waals surface area contributed by atoms with E-state index in [1.165, 1.54) is 83.5 Å². The van der Waals surface area contributed by atoms with Gasteiger partial charge in [0.2, 0.25) is 5.91 Å². The SMILES string of the molecule is CCCCCCC/C=C/CCCCCCCC(=O)N[C@@H](COP(=O)(O)OCC[N+](C)(C)C)[C@H](O)/C=C/CCCCCCCCCC. The highest BCUT2D eigenvalue weighted by Gasteiger charge is 2.27. The van der Waals surface area contributed by atoms with Crippen molar-refractivity contribution >= 4 is 13.7 Å². The molecule has 46 heavy (non-hydrogen) atoms. The molecule has 0 saturated heterocycles. The van der Waals surface area contributed by atoms with Gasteiger partial charge in [0.15, 0.2) is 0 Å². The third-order valence-corrected chi connectivity index (χ3v) is 9.15. The van der Waals surface area contributed by atoms with Gasteiger partial charge in [0.05, 0.1) is 39.9 Å². The van der Waals surface area contributed by atoms with Crippen molar-refractivity contribution in [2.75, 3.05) is 40.9 Å². The van der Waals surface area contributed by atoms with Gasteiger partial charge < -0.3 is 19.8 Å². The lowest BCUT2D eigenvalue weighted by Crippen LogP contribution is -2.45. The molecule has 0 aromatic rings. The van der Waals surface area contributed by atoms with Crippen molar-refractivity contribution in [3.63, 3.8) is 0 Å². The summed E-state index contributed by atoms with van der Waals surface area (Å²) in [6.07, 6.45) is 32.4. The Bertz CT molecular complexity index is 814. The highest BCUT2D eigenvalue weighted by molar-refractivity contribution is 7.47. The monoisotopic (exact) mass is 674 g/mol. The first-order chi connectivity index (χ1) is 22.0. The van der Waals surface area contributed by atoms with Crippen molar-refractivity contribution in [2.45, 2.75) is 167 Å². The van der Waals surface area contributed by atoms with Crippen LogP contribution in [0.25, 0.3) is 0 Å². The molecule has 0 fully saturated rings. The first-order valence-corrected chi connectivity index (χ1v) is 20.2. The molecule has 8 nitrogen and oxygen atoms in total. The molecule has 0 radical (unpaired) electrons. The number of rotatable bonds is 33. The number of nitrogens with one attached hydrogen (secondary N) is 1. The van der Waals surface area contributed by atoms with Gasteiger partial charge in [-0.25, -0.2) is 4.57 Å². The van der Waals surface area contributed by atoms with Gasteiger partial charge in [0.25, 0.3) is 0 Å². The van der Waals surface area contributed by atoms with Gasteiger partial charge in [-0.3, -0.25) is 13.8 Å². The number of phosphoric ester groups is 1. The number of aliphatic hydroxyl groups excluding tert-OH is 1. The van der Waals surface area contributed by atoms with Crippen LogP contribution in [0, 0.1) is 0 Å². The average molecular weight is 674 g/mol. The highest BCUT2D eigenvalue weighted by atomic mass is 31.2. The summed E-state index contributed by atoms with van der Waals surface area (Å²) in [6.45, 7) is 4.75. The van der Waals surface area contributed by atoms with Crippen LogP contribution >= 0.6 is 7.82 Å². The number of allylic oxidation sites excluding steroid dienone is 3. The Hall–Kier alpha value is -1.02. The van der Waals surface area contributed by atoms with Crippen LogP contribution in [-0.4, -0.2) is 73.4 Å². The maximum Gasteiger partial charge on any atom is 0.472 e. The summed E-state index contributed by atoms with van der Waals surface area (Å²) < 4.78 is 23.4. The summed E-state index contributed by atoms with van der Waals surface area (Å²) in [5, 5.41) is 13.7. The van der Waals surface area contributed by atoms with E-state index in [0.717, 1.165) is 51.4 Å². The van der Waals surface area contributed by atoms with Crippen LogP contribution in [0.4, 0.5) is 0 Å². The number of quaternary nitrogens is 1. The Morgan fingerprint density at radius 3 is 1.67 bits per heavy atom. The Labute approximate surface area is 284 Å². The van der Waals surface area contributed by atoms with Crippen LogP contribution in [-0.2, 0) is 18.4 Å². The first-order valence-electron chi connectivity index (χ1n) is 18.7. The zero-order valence-electron chi connectivity index (χ0n) is 30.6. The molecule has 0 heterocycles. The standard InChI is InChI=1S/C37H73N2O6P/c1-6-8-10-12-14-16-18-19-20-21-23-25-27-29-31-37(41)38-35(34-45-46(42,43)44-33-32-39(3,4)5)36(40)30-28-26-24-22-17-15-13-11-9-7-2/h18-19,28,30,35-36,40H,6-17,20-27,29,31-34H2,1-5H3,(H-,38,41,42,43)/p+1/b19-18+,30-28+/t35-,36+/m0/s1. The number of carbonyl (C=O) groups is 1. The minimum Gasteiger partial charge on any atom is -0.387 e. The van der Waals surface area contributed by atoms with E-state index >= 15 is 0 Å². The molecule has 0 aliphatic rings. The van der Waals surface area contributed by atoms with E-state index in [4.69, 9.17) is 9.05 Å². The second-order valence-corrected chi connectivity index (χ2v) is 15.4. The summed E-state index contributed by atoms with van der Waals surface area (Å²) in [7, 11) is 1.56.